The molecule has 0 aliphatic carbocycles. The second-order valence-corrected chi connectivity index (χ2v) is 5.36. The number of methoxy groups -OCH3 is 2. The zero-order valence-corrected chi connectivity index (χ0v) is 14.2. The quantitative estimate of drug-likeness (QED) is 0.681. The highest BCUT2D eigenvalue weighted by molar-refractivity contribution is 9.08. The van der Waals surface area contributed by atoms with E-state index in [1.807, 2.05) is 30.3 Å². The van der Waals surface area contributed by atoms with E-state index in [4.69, 9.17) is 25.8 Å². The summed E-state index contributed by atoms with van der Waals surface area (Å²) in [5, 5.41) is 1.26. The first-order valence-electron chi connectivity index (χ1n) is 6.36. The molecule has 0 aromatic heterocycles. The molecule has 112 valence electrons. The Labute approximate surface area is 137 Å². The number of rotatable bonds is 6. The van der Waals surface area contributed by atoms with Crippen LogP contribution in [0.4, 0.5) is 0 Å². The van der Waals surface area contributed by atoms with Crippen LogP contribution in [-0.2, 0) is 11.9 Å². The summed E-state index contributed by atoms with van der Waals surface area (Å²) in [6.45, 7) is 0.446. The predicted molar refractivity (Wildman–Crippen MR) is 88.0 cm³/mol. The Kier molecular flexibility index (Phi) is 5.76. The van der Waals surface area contributed by atoms with Gasteiger partial charge in [-0.3, -0.25) is 0 Å². The van der Waals surface area contributed by atoms with Crippen molar-refractivity contribution in [3.8, 4) is 17.2 Å². The molecule has 5 heteroatoms. The second-order valence-electron chi connectivity index (χ2n) is 4.37. The van der Waals surface area contributed by atoms with Gasteiger partial charge in [-0.1, -0.05) is 39.7 Å². The van der Waals surface area contributed by atoms with Gasteiger partial charge in [0, 0.05) is 22.0 Å². The van der Waals surface area contributed by atoms with E-state index in [1.54, 1.807) is 20.3 Å². The van der Waals surface area contributed by atoms with Crippen LogP contribution in [0.5, 0.6) is 17.2 Å². The van der Waals surface area contributed by atoms with Gasteiger partial charge in [-0.2, -0.15) is 0 Å². The van der Waals surface area contributed by atoms with Gasteiger partial charge in [0.2, 0.25) is 0 Å². The summed E-state index contributed by atoms with van der Waals surface area (Å²) >= 11 is 9.50. The maximum Gasteiger partial charge on any atom is 0.165 e. The monoisotopic (exact) mass is 370 g/mol. The standard InChI is InChI=1S/C16H16BrClO3/c1-19-14-5-3-11(4-6-14)10-21-16-12(9-17)7-13(18)8-15(16)20-2/h3-8H,9-10H2,1-2H3. The smallest absolute Gasteiger partial charge is 0.165 e. The van der Waals surface area contributed by atoms with Crippen molar-refractivity contribution in [2.24, 2.45) is 0 Å². The normalized spacial score (nSPS) is 10.3. The van der Waals surface area contributed by atoms with Crippen molar-refractivity contribution in [2.75, 3.05) is 14.2 Å². The third kappa shape index (κ3) is 4.05. The Morgan fingerprint density at radius 2 is 1.76 bits per heavy atom. The predicted octanol–water partition coefficient (Wildman–Crippen LogP) is 4.83. The summed E-state index contributed by atoms with van der Waals surface area (Å²) in [7, 11) is 3.25. The average Bonchev–Trinajstić information content (AvgIpc) is 2.53. The maximum atomic E-state index is 6.06. The van der Waals surface area contributed by atoms with E-state index in [9.17, 15) is 0 Å². The Balaban J connectivity index is 2.18. The molecule has 0 atom stereocenters. The molecule has 0 unspecified atom stereocenters. The molecule has 0 radical (unpaired) electrons. The van der Waals surface area contributed by atoms with Gasteiger partial charge in [-0.05, 0) is 23.8 Å². The number of hydrogen-bond acceptors (Lipinski definition) is 3. The van der Waals surface area contributed by atoms with Crippen molar-refractivity contribution in [2.45, 2.75) is 11.9 Å². The molecule has 0 bridgehead atoms. The number of benzene rings is 2. The summed E-state index contributed by atoms with van der Waals surface area (Å²) in [4.78, 5) is 0. The first-order valence-corrected chi connectivity index (χ1v) is 7.86. The molecule has 0 heterocycles. The van der Waals surface area contributed by atoms with Crippen molar-refractivity contribution < 1.29 is 14.2 Å². The van der Waals surface area contributed by atoms with Crippen LogP contribution in [0.3, 0.4) is 0 Å². The highest BCUT2D eigenvalue weighted by Crippen LogP contribution is 2.36. The Morgan fingerprint density at radius 1 is 1.05 bits per heavy atom. The zero-order chi connectivity index (χ0) is 15.2. The molecule has 0 spiro atoms. The third-order valence-electron chi connectivity index (χ3n) is 3.00. The molecule has 0 amide bonds. The minimum absolute atomic E-state index is 0.446. The molecule has 0 fully saturated rings. The lowest BCUT2D eigenvalue weighted by Gasteiger charge is -2.15. The van der Waals surface area contributed by atoms with Crippen LogP contribution in [0.2, 0.25) is 5.02 Å². The van der Waals surface area contributed by atoms with Gasteiger partial charge in [0.05, 0.1) is 14.2 Å². The fourth-order valence-electron chi connectivity index (χ4n) is 1.91. The molecule has 21 heavy (non-hydrogen) atoms. The second kappa shape index (κ2) is 7.57. The largest absolute Gasteiger partial charge is 0.497 e. The zero-order valence-electron chi connectivity index (χ0n) is 11.9. The van der Waals surface area contributed by atoms with E-state index < -0.39 is 0 Å². The highest BCUT2D eigenvalue weighted by Gasteiger charge is 2.12. The molecule has 0 saturated heterocycles. The van der Waals surface area contributed by atoms with Crippen LogP contribution in [0.25, 0.3) is 0 Å². The van der Waals surface area contributed by atoms with Gasteiger partial charge in [-0.25, -0.2) is 0 Å². The van der Waals surface area contributed by atoms with Gasteiger partial charge < -0.3 is 14.2 Å². The lowest BCUT2D eigenvalue weighted by Crippen LogP contribution is -2.00. The van der Waals surface area contributed by atoms with E-state index in [2.05, 4.69) is 15.9 Å². The highest BCUT2D eigenvalue weighted by atomic mass is 79.9. The maximum absolute atomic E-state index is 6.06. The van der Waals surface area contributed by atoms with E-state index >= 15 is 0 Å². The minimum Gasteiger partial charge on any atom is -0.497 e. The topological polar surface area (TPSA) is 27.7 Å². The van der Waals surface area contributed by atoms with Crippen molar-refractivity contribution in [1.29, 1.82) is 0 Å². The van der Waals surface area contributed by atoms with Gasteiger partial charge in [0.25, 0.3) is 0 Å². The number of hydrogen-bond donors (Lipinski definition) is 0. The van der Waals surface area contributed by atoms with Gasteiger partial charge in [-0.15, -0.1) is 0 Å². The molecule has 0 N–H and O–H groups in total. The van der Waals surface area contributed by atoms with E-state index in [0.29, 0.717) is 28.5 Å². The molecule has 2 rings (SSSR count). The Bertz CT molecular complexity index is 574. The first kappa shape index (κ1) is 16.0. The average molecular weight is 372 g/mol. The SMILES string of the molecule is COc1ccc(COc2c(CBr)cc(Cl)cc2OC)cc1. The van der Waals surface area contributed by atoms with Crippen molar-refractivity contribution >= 4 is 27.5 Å². The summed E-state index contributed by atoms with van der Waals surface area (Å²) in [6, 6.07) is 11.4. The van der Waals surface area contributed by atoms with Crippen molar-refractivity contribution in [1.82, 2.24) is 0 Å². The number of halogens is 2. The molecular weight excluding hydrogens is 356 g/mol. The summed E-state index contributed by atoms with van der Waals surface area (Å²) < 4.78 is 16.4. The van der Waals surface area contributed by atoms with Crippen LogP contribution in [0, 0.1) is 0 Å². The van der Waals surface area contributed by atoms with Crippen LogP contribution < -0.4 is 14.2 Å². The lowest BCUT2D eigenvalue weighted by atomic mass is 10.2. The summed E-state index contributed by atoms with van der Waals surface area (Å²) in [6.07, 6.45) is 0. The van der Waals surface area contributed by atoms with Gasteiger partial charge in [0.15, 0.2) is 11.5 Å². The molecule has 2 aromatic carbocycles. The van der Waals surface area contributed by atoms with E-state index in [0.717, 1.165) is 16.9 Å². The van der Waals surface area contributed by atoms with Gasteiger partial charge >= 0.3 is 0 Å². The van der Waals surface area contributed by atoms with E-state index in [1.165, 1.54) is 0 Å². The third-order valence-corrected chi connectivity index (χ3v) is 3.82. The fraction of sp³-hybridized carbons (Fsp3) is 0.250. The van der Waals surface area contributed by atoms with Crippen LogP contribution in [-0.4, -0.2) is 14.2 Å². The molecule has 0 aliphatic heterocycles. The van der Waals surface area contributed by atoms with Gasteiger partial charge in [0.1, 0.15) is 12.4 Å². The van der Waals surface area contributed by atoms with E-state index in [-0.39, 0.29) is 0 Å². The van der Waals surface area contributed by atoms with Crippen LogP contribution in [0.1, 0.15) is 11.1 Å². The van der Waals surface area contributed by atoms with Crippen molar-refractivity contribution in [3.63, 3.8) is 0 Å². The first-order chi connectivity index (χ1) is 10.2. The summed E-state index contributed by atoms with van der Waals surface area (Å²) in [5.41, 5.74) is 2.00. The number of ether oxygens (including phenoxy) is 3. The number of alkyl halides is 1. The van der Waals surface area contributed by atoms with Crippen LogP contribution >= 0.6 is 27.5 Å². The fourth-order valence-corrected chi connectivity index (χ4v) is 2.56. The molecule has 0 aliphatic rings. The molecule has 0 saturated carbocycles. The minimum atomic E-state index is 0.446. The molecule has 3 nitrogen and oxygen atoms in total. The molecular formula is C16H16BrClO3. The Morgan fingerprint density at radius 3 is 2.33 bits per heavy atom. The molecule has 2 aromatic rings. The van der Waals surface area contributed by atoms with Crippen molar-refractivity contribution in [3.05, 3.63) is 52.5 Å². The lowest BCUT2D eigenvalue weighted by molar-refractivity contribution is 0.282. The summed E-state index contributed by atoms with van der Waals surface area (Å²) in [5.74, 6) is 2.16. The van der Waals surface area contributed by atoms with Crippen LogP contribution in [0.15, 0.2) is 36.4 Å². The Hall–Kier alpha value is -1.39.